The van der Waals surface area contributed by atoms with Gasteiger partial charge in [-0.1, -0.05) is 121 Å². The van der Waals surface area contributed by atoms with Crippen LogP contribution >= 0.6 is 0 Å². The van der Waals surface area contributed by atoms with Crippen LogP contribution in [0.5, 0.6) is 0 Å². The quantitative estimate of drug-likeness (QED) is 0.108. The Morgan fingerprint density at radius 2 is 0.971 bits per heavy atom. The van der Waals surface area contributed by atoms with E-state index in [0.29, 0.717) is 26.1 Å². The van der Waals surface area contributed by atoms with Crippen molar-refractivity contribution < 1.29 is 19.1 Å². The van der Waals surface area contributed by atoms with E-state index in [4.69, 9.17) is 9.47 Å². The first-order valence-electron chi connectivity index (χ1n) is 14.6. The minimum Gasteiger partial charge on any atom is -0.466 e. The molecule has 0 saturated heterocycles. The summed E-state index contributed by atoms with van der Waals surface area (Å²) < 4.78 is 10.7. The van der Waals surface area contributed by atoms with Crippen molar-refractivity contribution in [1.29, 1.82) is 0 Å². The van der Waals surface area contributed by atoms with Crippen molar-refractivity contribution >= 4 is 11.9 Å². The topological polar surface area (TPSA) is 52.6 Å². The van der Waals surface area contributed by atoms with Gasteiger partial charge in [-0.05, 0) is 37.7 Å². The van der Waals surface area contributed by atoms with Gasteiger partial charge in [-0.25, -0.2) is 0 Å². The molecule has 0 radical (unpaired) electrons. The maximum Gasteiger partial charge on any atom is 0.305 e. The molecule has 0 atom stereocenters. The molecule has 0 fully saturated rings. The fourth-order valence-corrected chi connectivity index (χ4v) is 4.27. The van der Waals surface area contributed by atoms with Crippen LogP contribution in [-0.4, -0.2) is 25.2 Å². The van der Waals surface area contributed by atoms with Crippen molar-refractivity contribution in [2.45, 2.75) is 135 Å². The molecule has 0 aromatic heterocycles. The molecule has 0 heterocycles. The minimum absolute atomic E-state index is 0.0454. The van der Waals surface area contributed by atoms with E-state index in [-0.39, 0.29) is 11.9 Å². The lowest BCUT2D eigenvalue weighted by molar-refractivity contribution is -0.144. The normalized spacial score (nSPS) is 10.9. The van der Waals surface area contributed by atoms with Gasteiger partial charge in [0.15, 0.2) is 0 Å². The average Bonchev–Trinajstić information content (AvgIpc) is 2.87. The van der Waals surface area contributed by atoms with Crippen LogP contribution in [0.2, 0.25) is 0 Å². The van der Waals surface area contributed by atoms with Gasteiger partial charge in [0.25, 0.3) is 0 Å². The molecule has 4 heteroatoms. The Kier molecular flexibility index (Phi) is 21.3. The smallest absolute Gasteiger partial charge is 0.305 e. The number of aryl methyl sites for hydroxylation is 1. The molecule has 35 heavy (non-hydrogen) atoms. The fourth-order valence-electron chi connectivity index (χ4n) is 4.27. The van der Waals surface area contributed by atoms with Crippen LogP contribution in [0.1, 0.15) is 134 Å². The van der Waals surface area contributed by atoms with Crippen molar-refractivity contribution in [3.63, 3.8) is 0 Å². The van der Waals surface area contributed by atoms with Gasteiger partial charge in [0.1, 0.15) is 0 Å². The Bertz CT molecular complexity index is 614. The van der Waals surface area contributed by atoms with Crippen molar-refractivity contribution in [2.24, 2.45) is 0 Å². The van der Waals surface area contributed by atoms with E-state index in [2.05, 4.69) is 19.1 Å². The van der Waals surface area contributed by atoms with Crippen molar-refractivity contribution in [1.82, 2.24) is 0 Å². The Hall–Kier alpha value is -1.84. The SMILES string of the molecule is CCCCCCCCCCCCOC(=O)CCCCCCCCC(=O)OCCCc1ccccc1. The summed E-state index contributed by atoms with van der Waals surface area (Å²) in [6.07, 6.45) is 21.9. The second-order valence-electron chi connectivity index (χ2n) is 9.83. The van der Waals surface area contributed by atoms with Crippen molar-refractivity contribution in [2.75, 3.05) is 13.2 Å². The zero-order valence-corrected chi connectivity index (χ0v) is 22.6. The van der Waals surface area contributed by atoms with Gasteiger partial charge in [0.05, 0.1) is 13.2 Å². The zero-order valence-electron chi connectivity index (χ0n) is 22.6. The standard InChI is InChI=1S/C31H52O4/c1-2-3-4-5-6-7-8-11-14-20-27-34-30(32)25-18-12-9-10-13-19-26-31(33)35-28-21-24-29-22-16-15-17-23-29/h15-17,22-23H,2-14,18-21,24-28H2,1H3. The number of benzene rings is 1. The summed E-state index contributed by atoms with van der Waals surface area (Å²) in [7, 11) is 0. The predicted molar refractivity (Wildman–Crippen MR) is 145 cm³/mol. The zero-order chi connectivity index (χ0) is 25.2. The van der Waals surface area contributed by atoms with Gasteiger partial charge < -0.3 is 9.47 Å². The number of ether oxygens (including phenoxy) is 2. The van der Waals surface area contributed by atoms with E-state index in [0.717, 1.165) is 57.8 Å². The van der Waals surface area contributed by atoms with Gasteiger partial charge in [-0.15, -0.1) is 0 Å². The van der Waals surface area contributed by atoms with Gasteiger partial charge in [-0.2, -0.15) is 0 Å². The summed E-state index contributed by atoms with van der Waals surface area (Å²) in [5, 5.41) is 0. The fraction of sp³-hybridized carbons (Fsp3) is 0.742. The molecule has 0 amide bonds. The largest absolute Gasteiger partial charge is 0.466 e. The highest BCUT2D eigenvalue weighted by Gasteiger charge is 2.04. The number of esters is 2. The summed E-state index contributed by atoms with van der Waals surface area (Å²) in [4.78, 5) is 23.6. The van der Waals surface area contributed by atoms with Gasteiger partial charge >= 0.3 is 11.9 Å². The van der Waals surface area contributed by atoms with E-state index < -0.39 is 0 Å². The lowest BCUT2D eigenvalue weighted by atomic mass is 10.1. The Morgan fingerprint density at radius 3 is 1.49 bits per heavy atom. The molecule has 1 aromatic rings. The Balaban J connectivity index is 1.77. The van der Waals surface area contributed by atoms with Crippen LogP contribution in [0.15, 0.2) is 30.3 Å². The molecular formula is C31H52O4. The van der Waals surface area contributed by atoms with E-state index in [1.807, 2.05) is 18.2 Å². The molecule has 0 spiro atoms. The Morgan fingerprint density at radius 1 is 0.543 bits per heavy atom. The minimum atomic E-state index is -0.0804. The predicted octanol–water partition coefficient (Wildman–Crippen LogP) is 8.75. The molecule has 0 aliphatic carbocycles. The van der Waals surface area contributed by atoms with Crippen molar-refractivity contribution in [3.05, 3.63) is 35.9 Å². The molecule has 0 saturated carbocycles. The van der Waals surface area contributed by atoms with E-state index in [1.54, 1.807) is 0 Å². The highest BCUT2D eigenvalue weighted by molar-refractivity contribution is 5.69. The number of rotatable bonds is 24. The van der Waals surface area contributed by atoms with Gasteiger partial charge in [0.2, 0.25) is 0 Å². The van der Waals surface area contributed by atoms with E-state index >= 15 is 0 Å². The lowest BCUT2D eigenvalue weighted by Crippen LogP contribution is -2.06. The Labute approximate surface area is 215 Å². The first kappa shape index (κ1) is 31.2. The van der Waals surface area contributed by atoms with E-state index in [9.17, 15) is 9.59 Å². The number of carbonyl (C=O) groups is 2. The maximum atomic E-state index is 11.8. The third-order valence-corrected chi connectivity index (χ3v) is 6.49. The van der Waals surface area contributed by atoms with Gasteiger partial charge in [-0.3, -0.25) is 9.59 Å². The molecule has 4 nitrogen and oxygen atoms in total. The summed E-state index contributed by atoms with van der Waals surface area (Å²) >= 11 is 0. The molecule has 1 aromatic carbocycles. The highest BCUT2D eigenvalue weighted by Crippen LogP contribution is 2.12. The molecule has 0 aliphatic rings. The number of hydrogen-bond acceptors (Lipinski definition) is 4. The third-order valence-electron chi connectivity index (χ3n) is 6.49. The second kappa shape index (κ2) is 23.9. The van der Waals surface area contributed by atoms with Gasteiger partial charge in [0, 0.05) is 12.8 Å². The third kappa shape index (κ3) is 21.2. The number of unbranched alkanes of at least 4 members (excludes halogenated alkanes) is 14. The maximum absolute atomic E-state index is 11.8. The van der Waals surface area contributed by atoms with Crippen LogP contribution in [0, 0.1) is 0 Å². The molecule has 0 unspecified atom stereocenters. The molecule has 1 rings (SSSR count). The van der Waals surface area contributed by atoms with Crippen LogP contribution in [0.3, 0.4) is 0 Å². The molecule has 0 bridgehead atoms. The number of carbonyl (C=O) groups excluding carboxylic acids is 2. The highest BCUT2D eigenvalue weighted by atomic mass is 16.5. The first-order chi connectivity index (χ1) is 17.2. The van der Waals surface area contributed by atoms with Crippen LogP contribution in [0.25, 0.3) is 0 Å². The molecule has 0 aliphatic heterocycles. The van der Waals surface area contributed by atoms with E-state index in [1.165, 1.54) is 63.4 Å². The van der Waals surface area contributed by atoms with Crippen LogP contribution in [0.4, 0.5) is 0 Å². The summed E-state index contributed by atoms with van der Waals surface area (Å²) in [6, 6.07) is 10.3. The monoisotopic (exact) mass is 488 g/mol. The number of hydrogen-bond donors (Lipinski definition) is 0. The van der Waals surface area contributed by atoms with Crippen LogP contribution in [-0.2, 0) is 25.5 Å². The van der Waals surface area contributed by atoms with Crippen LogP contribution < -0.4 is 0 Å². The first-order valence-corrected chi connectivity index (χ1v) is 14.6. The summed E-state index contributed by atoms with van der Waals surface area (Å²) in [5.41, 5.74) is 1.28. The molecular weight excluding hydrogens is 436 g/mol. The van der Waals surface area contributed by atoms with Crippen molar-refractivity contribution in [3.8, 4) is 0 Å². The average molecular weight is 489 g/mol. The summed E-state index contributed by atoms with van der Waals surface area (Å²) in [6.45, 7) is 3.34. The second-order valence-corrected chi connectivity index (χ2v) is 9.83. The molecule has 0 N–H and O–H groups in total. The molecule has 200 valence electrons. The lowest BCUT2D eigenvalue weighted by Gasteiger charge is -2.06. The summed E-state index contributed by atoms with van der Waals surface area (Å²) in [5.74, 6) is -0.126.